The molecule has 0 unspecified atom stereocenters. The van der Waals surface area contributed by atoms with Gasteiger partial charge in [0.1, 0.15) is 5.75 Å². The summed E-state index contributed by atoms with van der Waals surface area (Å²) in [6, 6.07) is 12.2. The van der Waals surface area contributed by atoms with Gasteiger partial charge in [-0.3, -0.25) is 14.4 Å². The van der Waals surface area contributed by atoms with E-state index in [0.717, 1.165) is 16.9 Å². The van der Waals surface area contributed by atoms with Crippen LogP contribution in [0.15, 0.2) is 56.8 Å². The average Bonchev–Trinajstić information content (AvgIpc) is 2.72. The number of benzene rings is 2. The smallest absolute Gasteiger partial charge is 0.273 e. The van der Waals surface area contributed by atoms with E-state index < -0.39 is 16.3 Å². The van der Waals surface area contributed by atoms with Gasteiger partial charge in [0, 0.05) is 10.8 Å². The molecule has 20 heavy (non-hydrogen) atoms. The molecule has 0 aliphatic heterocycles. The molecule has 0 bridgehead atoms. The van der Waals surface area contributed by atoms with Crippen molar-refractivity contribution in [1.29, 1.82) is 0 Å². The first-order valence-electron chi connectivity index (χ1n) is 6.03. The van der Waals surface area contributed by atoms with Gasteiger partial charge in [0.2, 0.25) is 10.9 Å². The largest absolute Gasteiger partial charge is 0.497 e. The fraction of sp³-hybridized carbons (Fsp3) is 0.0625. The lowest BCUT2D eigenvalue weighted by atomic mass is 10.0. The Morgan fingerprint density at radius 3 is 1.95 bits per heavy atom. The minimum Gasteiger partial charge on any atom is -0.497 e. The molecule has 0 spiro atoms. The molecule has 4 nitrogen and oxygen atoms in total. The van der Waals surface area contributed by atoms with Crippen LogP contribution >= 0.6 is 0 Å². The van der Waals surface area contributed by atoms with Gasteiger partial charge < -0.3 is 4.74 Å². The van der Waals surface area contributed by atoms with E-state index in [4.69, 9.17) is 4.74 Å². The van der Waals surface area contributed by atoms with Gasteiger partial charge in [-0.1, -0.05) is 18.2 Å². The summed E-state index contributed by atoms with van der Waals surface area (Å²) in [5.74, 6) is 0.733. The zero-order chi connectivity index (χ0) is 14.3. The molecule has 0 aliphatic carbocycles. The Morgan fingerprint density at radius 1 is 0.700 bits per heavy atom. The van der Waals surface area contributed by atoms with Crippen LogP contribution in [0, 0.1) is 0 Å². The highest BCUT2D eigenvalue weighted by molar-refractivity contribution is 5.88. The van der Waals surface area contributed by atoms with Crippen LogP contribution in [0.3, 0.4) is 0 Å². The number of hydrogen-bond acceptors (Lipinski definition) is 4. The summed E-state index contributed by atoms with van der Waals surface area (Å²) in [5.41, 5.74) is -0.728. The Hall–Kier alpha value is -2.75. The lowest BCUT2D eigenvalue weighted by Gasteiger charge is -2.03. The fourth-order valence-electron chi connectivity index (χ4n) is 2.24. The second kappa shape index (κ2) is 4.42. The molecule has 0 radical (unpaired) electrons. The van der Waals surface area contributed by atoms with Crippen molar-refractivity contribution in [3.8, 4) is 16.9 Å². The topological polar surface area (TPSA) is 60.4 Å². The summed E-state index contributed by atoms with van der Waals surface area (Å²) in [6.07, 6.45) is 0. The molecular formula is C16H10O4. The number of methoxy groups -OCH3 is 1. The third-order valence-electron chi connectivity index (χ3n) is 3.34. The Bertz CT molecular complexity index is 929. The van der Waals surface area contributed by atoms with Gasteiger partial charge in [-0.05, 0) is 35.4 Å². The molecule has 0 saturated carbocycles. The molecule has 0 aliphatic rings. The minimum atomic E-state index is -0.952. The highest BCUT2D eigenvalue weighted by atomic mass is 16.5. The number of fused-ring (bicyclic) bond motifs is 1. The van der Waals surface area contributed by atoms with Crippen molar-refractivity contribution < 1.29 is 4.74 Å². The maximum absolute atomic E-state index is 11.7. The summed E-state index contributed by atoms with van der Waals surface area (Å²) in [5, 5.41) is 0.380. The van der Waals surface area contributed by atoms with Crippen molar-refractivity contribution >= 4 is 10.8 Å². The Balaban J connectivity index is 2.22. The van der Waals surface area contributed by atoms with Gasteiger partial charge in [0.15, 0.2) is 0 Å². The fourth-order valence-corrected chi connectivity index (χ4v) is 2.24. The Labute approximate surface area is 113 Å². The molecule has 0 heterocycles. The molecule has 0 aromatic heterocycles. The molecule has 0 N–H and O–H groups in total. The molecule has 3 aromatic carbocycles. The summed E-state index contributed by atoms with van der Waals surface area (Å²) in [4.78, 5) is 34.6. The van der Waals surface area contributed by atoms with Crippen molar-refractivity contribution in [3.05, 3.63) is 73.1 Å². The normalized spacial score (nSPS) is 10.8. The highest BCUT2D eigenvalue weighted by Crippen LogP contribution is 2.24. The molecule has 98 valence electrons. The zero-order valence-electron chi connectivity index (χ0n) is 10.7. The zero-order valence-corrected chi connectivity index (χ0v) is 10.7. The van der Waals surface area contributed by atoms with E-state index in [9.17, 15) is 14.4 Å². The first kappa shape index (κ1) is 12.3. The predicted molar refractivity (Wildman–Crippen MR) is 77.1 cm³/mol. The second-order valence-electron chi connectivity index (χ2n) is 4.48. The van der Waals surface area contributed by atoms with E-state index in [1.54, 1.807) is 31.4 Å². The lowest BCUT2D eigenvalue weighted by molar-refractivity contribution is 0.415. The van der Waals surface area contributed by atoms with Crippen molar-refractivity contribution in [1.82, 2.24) is 0 Å². The monoisotopic (exact) mass is 266 g/mol. The summed E-state index contributed by atoms with van der Waals surface area (Å²) >= 11 is 0. The summed E-state index contributed by atoms with van der Waals surface area (Å²) in [7, 11) is 1.58. The SMILES string of the molecule is COc1ccc(-c2ccc3c(=O)c(=O)c(=O)c3c2)cc1. The van der Waals surface area contributed by atoms with E-state index in [-0.39, 0.29) is 10.8 Å². The maximum Gasteiger partial charge on any atom is 0.273 e. The van der Waals surface area contributed by atoms with Crippen LogP contribution in [-0.2, 0) is 0 Å². The first-order chi connectivity index (χ1) is 9.61. The standard InChI is InChI=1S/C16H10O4/c1-20-11-5-2-9(3-6-11)10-4-7-12-13(8-10)15(18)16(19)14(12)17/h2-8H,1H3. The number of hydrogen-bond donors (Lipinski definition) is 0. The predicted octanol–water partition coefficient (Wildman–Crippen LogP) is 1.47. The van der Waals surface area contributed by atoms with Crippen molar-refractivity contribution in [3.63, 3.8) is 0 Å². The van der Waals surface area contributed by atoms with Crippen LogP contribution in [0.1, 0.15) is 0 Å². The lowest BCUT2D eigenvalue weighted by Crippen LogP contribution is -2.29. The molecule has 0 amide bonds. The van der Waals surface area contributed by atoms with E-state index >= 15 is 0 Å². The average molecular weight is 266 g/mol. The molecule has 3 aromatic rings. The third-order valence-corrected chi connectivity index (χ3v) is 3.34. The van der Waals surface area contributed by atoms with E-state index in [2.05, 4.69) is 0 Å². The highest BCUT2D eigenvalue weighted by Gasteiger charge is 2.12. The van der Waals surface area contributed by atoms with E-state index in [0.29, 0.717) is 0 Å². The van der Waals surface area contributed by atoms with Crippen LogP contribution in [-0.4, -0.2) is 7.11 Å². The second-order valence-corrected chi connectivity index (χ2v) is 4.48. The van der Waals surface area contributed by atoms with Crippen LogP contribution < -0.4 is 21.0 Å². The molecule has 0 fully saturated rings. The van der Waals surface area contributed by atoms with Gasteiger partial charge in [-0.2, -0.15) is 0 Å². The van der Waals surface area contributed by atoms with Crippen molar-refractivity contribution in [2.75, 3.05) is 7.11 Å². The van der Waals surface area contributed by atoms with E-state index in [1.807, 2.05) is 12.1 Å². The maximum atomic E-state index is 11.7. The van der Waals surface area contributed by atoms with Crippen molar-refractivity contribution in [2.24, 2.45) is 0 Å². The summed E-state index contributed by atoms with van der Waals surface area (Å²) < 4.78 is 5.08. The van der Waals surface area contributed by atoms with Gasteiger partial charge in [0.25, 0.3) is 5.43 Å². The van der Waals surface area contributed by atoms with Crippen LogP contribution in [0.4, 0.5) is 0 Å². The molecular weight excluding hydrogens is 256 g/mol. The third kappa shape index (κ3) is 1.73. The van der Waals surface area contributed by atoms with Crippen molar-refractivity contribution in [2.45, 2.75) is 0 Å². The molecule has 3 rings (SSSR count). The molecule has 4 heteroatoms. The summed E-state index contributed by atoms with van der Waals surface area (Å²) in [6.45, 7) is 0. The number of ether oxygens (including phenoxy) is 1. The van der Waals surface area contributed by atoms with Crippen LogP contribution in [0.25, 0.3) is 21.9 Å². The first-order valence-corrected chi connectivity index (χ1v) is 6.03. The Kier molecular flexibility index (Phi) is 2.71. The van der Waals surface area contributed by atoms with Gasteiger partial charge >= 0.3 is 0 Å². The van der Waals surface area contributed by atoms with Gasteiger partial charge in [-0.25, -0.2) is 0 Å². The van der Waals surface area contributed by atoms with Gasteiger partial charge in [0.05, 0.1) is 7.11 Å². The Morgan fingerprint density at radius 2 is 1.30 bits per heavy atom. The van der Waals surface area contributed by atoms with Crippen LogP contribution in [0.2, 0.25) is 0 Å². The number of rotatable bonds is 2. The van der Waals surface area contributed by atoms with Gasteiger partial charge in [-0.15, -0.1) is 0 Å². The molecule has 0 atom stereocenters. The quantitative estimate of drug-likeness (QED) is 0.659. The minimum absolute atomic E-state index is 0.188. The molecule has 0 saturated heterocycles. The van der Waals surface area contributed by atoms with E-state index in [1.165, 1.54) is 6.07 Å². The van der Waals surface area contributed by atoms with Crippen LogP contribution in [0.5, 0.6) is 5.75 Å².